The number of hydrogen-bond acceptors (Lipinski definition) is 7. The fourth-order valence-corrected chi connectivity index (χ4v) is 5.57. The summed E-state index contributed by atoms with van der Waals surface area (Å²) in [7, 11) is -3.71. The predicted molar refractivity (Wildman–Crippen MR) is 109 cm³/mol. The third-order valence-corrected chi connectivity index (χ3v) is 7.17. The highest BCUT2D eigenvalue weighted by Crippen LogP contribution is 2.29. The number of sulfonamides is 1. The first-order valence-corrected chi connectivity index (χ1v) is 11.3. The number of nitrogens with one attached hydrogen (secondary N) is 1. The summed E-state index contributed by atoms with van der Waals surface area (Å²) in [6.45, 7) is 3.19. The standard InChI is InChI=1S/C20H23N5O4S/c1-13-20(14(2)29-23-13)30(27,28)24-16-3-5-17(6-4-16)25-19(26)8-7-18(22-25)15-9-11-21-12-10-15/h7-12,16-17,24H,3-6H2,1-2H3. The highest BCUT2D eigenvalue weighted by atomic mass is 32.2. The smallest absolute Gasteiger partial charge is 0.267 e. The lowest BCUT2D eigenvalue weighted by Gasteiger charge is -2.29. The van der Waals surface area contributed by atoms with Gasteiger partial charge in [-0.15, -0.1) is 0 Å². The molecule has 0 unspecified atom stereocenters. The summed E-state index contributed by atoms with van der Waals surface area (Å²) in [4.78, 5) is 16.5. The number of pyridine rings is 1. The monoisotopic (exact) mass is 429 g/mol. The Kier molecular flexibility index (Phi) is 5.52. The third kappa shape index (κ3) is 4.05. The van der Waals surface area contributed by atoms with Crippen LogP contribution in [0.1, 0.15) is 43.2 Å². The number of hydrogen-bond donors (Lipinski definition) is 1. The molecule has 0 radical (unpaired) electrons. The lowest BCUT2D eigenvalue weighted by molar-refractivity contribution is 0.286. The van der Waals surface area contributed by atoms with Crippen LogP contribution in [0.25, 0.3) is 11.3 Å². The molecular formula is C20H23N5O4S. The molecule has 158 valence electrons. The van der Waals surface area contributed by atoms with E-state index in [4.69, 9.17) is 4.52 Å². The third-order valence-electron chi connectivity index (χ3n) is 5.40. The van der Waals surface area contributed by atoms with Crippen LogP contribution in [0.5, 0.6) is 0 Å². The molecule has 10 heteroatoms. The maximum Gasteiger partial charge on any atom is 0.267 e. The minimum absolute atomic E-state index is 0.0703. The van der Waals surface area contributed by atoms with Gasteiger partial charge >= 0.3 is 0 Å². The SMILES string of the molecule is Cc1noc(C)c1S(=O)(=O)NC1CCC(n2nc(-c3ccncc3)ccc2=O)CC1. The van der Waals surface area contributed by atoms with Crippen LogP contribution in [0.2, 0.25) is 0 Å². The first-order valence-electron chi connectivity index (χ1n) is 9.80. The molecule has 0 spiro atoms. The molecule has 1 N–H and O–H groups in total. The zero-order valence-corrected chi connectivity index (χ0v) is 17.6. The Morgan fingerprint density at radius 1 is 1.07 bits per heavy atom. The molecule has 1 aliphatic rings. The summed E-state index contributed by atoms with van der Waals surface area (Å²) in [5.41, 5.74) is 1.78. The van der Waals surface area contributed by atoms with Crippen LogP contribution in [0.4, 0.5) is 0 Å². The van der Waals surface area contributed by atoms with E-state index in [1.807, 2.05) is 12.1 Å². The summed E-state index contributed by atoms with van der Waals surface area (Å²) < 4.78 is 34.7. The van der Waals surface area contributed by atoms with E-state index in [0.717, 1.165) is 5.56 Å². The molecule has 3 heterocycles. The molecule has 30 heavy (non-hydrogen) atoms. The Balaban J connectivity index is 1.47. The van der Waals surface area contributed by atoms with Crippen LogP contribution in [0.15, 0.2) is 50.9 Å². The molecule has 3 aromatic rings. The molecule has 9 nitrogen and oxygen atoms in total. The Morgan fingerprint density at radius 2 is 1.77 bits per heavy atom. The maximum absolute atomic E-state index is 12.7. The van der Waals surface area contributed by atoms with Crippen molar-refractivity contribution in [3.8, 4) is 11.3 Å². The van der Waals surface area contributed by atoms with Gasteiger partial charge in [-0.2, -0.15) is 5.10 Å². The molecule has 0 amide bonds. The molecule has 4 rings (SSSR count). The van der Waals surface area contributed by atoms with Crippen LogP contribution in [-0.4, -0.2) is 34.4 Å². The molecule has 1 fully saturated rings. The second kappa shape index (κ2) is 8.11. The number of nitrogens with zero attached hydrogens (tertiary/aromatic N) is 4. The molecule has 0 aromatic carbocycles. The van der Waals surface area contributed by atoms with Crippen molar-refractivity contribution >= 4 is 10.0 Å². The van der Waals surface area contributed by atoms with E-state index < -0.39 is 10.0 Å². The Morgan fingerprint density at radius 3 is 2.40 bits per heavy atom. The second-order valence-corrected chi connectivity index (χ2v) is 9.17. The molecule has 3 aromatic heterocycles. The summed E-state index contributed by atoms with van der Waals surface area (Å²) in [6.07, 6.45) is 5.90. The van der Waals surface area contributed by atoms with E-state index in [1.165, 1.54) is 10.7 Å². The number of rotatable bonds is 5. The fraction of sp³-hybridized carbons (Fsp3) is 0.400. The van der Waals surface area contributed by atoms with E-state index in [0.29, 0.717) is 37.1 Å². The fourth-order valence-electron chi connectivity index (χ4n) is 3.94. The van der Waals surface area contributed by atoms with E-state index in [2.05, 4.69) is 20.0 Å². The minimum atomic E-state index is -3.71. The lowest BCUT2D eigenvalue weighted by Crippen LogP contribution is -2.39. The van der Waals surface area contributed by atoms with Crippen molar-refractivity contribution in [3.63, 3.8) is 0 Å². The predicted octanol–water partition coefficient (Wildman–Crippen LogP) is 2.37. The average molecular weight is 430 g/mol. The van der Waals surface area contributed by atoms with Crippen LogP contribution in [-0.2, 0) is 10.0 Å². The number of aromatic nitrogens is 4. The summed E-state index contributed by atoms with van der Waals surface area (Å²) in [5, 5.41) is 8.27. The van der Waals surface area contributed by atoms with Crippen molar-refractivity contribution in [1.82, 2.24) is 24.6 Å². The van der Waals surface area contributed by atoms with Crippen molar-refractivity contribution < 1.29 is 12.9 Å². The molecule has 0 aliphatic heterocycles. The van der Waals surface area contributed by atoms with E-state index >= 15 is 0 Å². The van der Waals surface area contributed by atoms with Gasteiger partial charge in [-0.25, -0.2) is 17.8 Å². The van der Waals surface area contributed by atoms with Gasteiger partial charge in [-0.3, -0.25) is 9.78 Å². The summed E-state index contributed by atoms with van der Waals surface area (Å²) in [6, 6.07) is 6.64. The first kappa shape index (κ1) is 20.4. The van der Waals surface area contributed by atoms with E-state index in [-0.39, 0.29) is 28.3 Å². The zero-order chi connectivity index (χ0) is 21.3. The van der Waals surface area contributed by atoms with Gasteiger partial charge in [0.2, 0.25) is 10.0 Å². The van der Waals surface area contributed by atoms with Gasteiger partial charge in [0.25, 0.3) is 5.56 Å². The normalized spacial score (nSPS) is 19.7. The van der Waals surface area contributed by atoms with Crippen LogP contribution in [0, 0.1) is 13.8 Å². The molecule has 0 bridgehead atoms. The van der Waals surface area contributed by atoms with Crippen LogP contribution < -0.4 is 10.3 Å². The van der Waals surface area contributed by atoms with Gasteiger partial charge in [-0.1, -0.05) is 5.16 Å². The van der Waals surface area contributed by atoms with Crippen LogP contribution >= 0.6 is 0 Å². The maximum atomic E-state index is 12.7. The minimum Gasteiger partial charge on any atom is -0.360 e. The van der Waals surface area contributed by atoms with E-state index in [9.17, 15) is 13.2 Å². The average Bonchev–Trinajstić information content (AvgIpc) is 3.08. The van der Waals surface area contributed by atoms with Gasteiger partial charge in [0, 0.05) is 30.1 Å². The second-order valence-electron chi connectivity index (χ2n) is 7.52. The Labute approximate surface area is 174 Å². The summed E-state index contributed by atoms with van der Waals surface area (Å²) >= 11 is 0. The van der Waals surface area contributed by atoms with Crippen molar-refractivity contribution in [2.45, 2.75) is 56.5 Å². The van der Waals surface area contributed by atoms with Crippen molar-refractivity contribution in [2.24, 2.45) is 0 Å². The van der Waals surface area contributed by atoms with Gasteiger partial charge < -0.3 is 4.52 Å². The lowest BCUT2D eigenvalue weighted by atomic mass is 9.92. The van der Waals surface area contributed by atoms with Gasteiger partial charge in [0.1, 0.15) is 10.6 Å². The molecule has 1 saturated carbocycles. The summed E-state index contributed by atoms with van der Waals surface area (Å²) in [5.74, 6) is 0.275. The highest BCUT2D eigenvalue weighted by Gasteiger charge is 2.30. The quantitative estimate of drug-likeness (QED) is 0.661. The Hall–Kier alpha value is -2.85. The van der Waals surface area contributed by atoms with Gasteiger partial charge in [-0.05, 0) is 57.7 Å². The van der Waals surface area contributed by atoms with Crippen molar-refractivity contribution in [1.29, 1.82) is 0 Å². The molecular weight excluding hydrogens is 406 g/mol. The highest BCUT2D eigenvalue weighted by molar-refractivity contribution is 7.89. The largest absolute Gasteiger partial charge is 0.360 e. The number of aryl methyl sites for hydroxylation is 2. The molecule has 0 atom stereocenters. The Bertz CT molecular complexity index is 1180. The topological polar surface area (TPSA) is 120 Å². The van der Waals surface area contributed by atoms with Crippen molar-refractivity contribution in [2.75, 3.05) is 0 Å². The van der Waals surface area contributed by atoms with Gasteiger partial charge in [0.15, 0.2) is 5.76 Å². The van der Waals surface area contributed by atoms with E-state index in [1.54, 1.807) is 32.3 Å². The first-order chi connectivity index (χ1) is 14.3. The molecule has 1 aliphatic carbocycles. The van der Waals surface area contributed by atoms with Gasteiger partial charge in [0.05, 0.1) is 11.7 Å². The zero-order valence-electron chi connectivity index (χ0n) is 16.8. The van der Waals surface area contributed by atoms with Crippen LogP contribution in [0.3, 0.4) is 0 Å². The molecule has 0 saturated heterocycles. The van der Waals surface area contributed by atoms with Crippen molar-refractivity contribution in [3.05, 3.63) is 58.5 Å².